The van der Waals surface area contributed by atoms with E-state index >= 15 is 0 Å². The van der Waals surface area contributed by atoms with E-state index < -0.39 is 6.04 Å². The number of para-hydroxylation sites is 1. The van der Waals surface area contributed by atoms with Crippen LogP contribution in [0.5, 0.6) is 0 Å². The van der Waals surface area contributed by atoms with E-state index in [0.717, 1.165) is 31.4 Å². The van der Waals surface area contributed by atoms with Crippen molar-refractivity contribution >= 4 is 23.3 Å². The summed E-state index contributed by atoms with van der Waals surface area (Å²) >= 11 is 0. The van der Waals surface area contributed by atoms with Crippen molar-refractivity contribution in [1.82, 2.24) is 10.3 Å². The SMILES string of the molecule is CC1N=C(C(=O)N(C2CCCCC2)C2CC2)NN(c2ccccc2)C1=O. The van der Waals surface area contributed by atoms with E-state index in [-0.39, 0.29) is 11.8 Å². The Kier molecular flexibility index (Phi) is 4.66. The third kappa shape index (κ3) is 3.32. The van der Waals surface area contributed by atoms with Crippen LogP contribution in [0, 0.1) is 0 Å². The van der Waals surface area contributed by atoms with Gasteiger partial charge in [-0.2, -0.15) is 0 Å². The molecule has 138 valence electrons. The topological polar surface area (TPSA) is 65.0 Å². The third-order valence-electron chi connectivity index (χ3n) is 5.48. The maximum absolute atomic E-state index is 13.3. The maximum atomic E-state index is 13.3. The summed E-state index contributed by atoms with van der Waals surface area (Å²) in [7, 11) is 0. The van der Waals surface area contributed by atoms with Crippen LogP contribution in [0.25, 0.3) is 0 Å². The molecule has 1 aromatic rings. The largest absolute Gasteiger partial charge is 0.330 e. The molecule has 2 amide bonds. The van der Waals surface area contributed by atoms with Crippen LogP contribution in [-0.4, -0.2) is 40.7 Å². The number of nitrogens with one attached hydrogen (secondary N) is 1. The van der Waals surface area contributed by atoms with E-state index in [4.69, 9.17) is 0 Å². The van der Waals surface area contributed by atoms with Crippen LogP contribution in [0.4, 0.5) is 5.69 Å². The van der Waals surface area contributed by atoms with Crippen molar-refractivity contribution in [3.05, 3.63) is 30.3 Å². The number of carbonyl (C=O) groups is 2. The zero-order valence-electron chi connectivity index (χ0n) is 15.2. The second-order valence-electron chi connectivity index (χ2n) is 7.51. The van der Waals surface area contributed by atoms with Crippen molar-refractivity contribution < 1.29 is 9.59 Å². The molecule has 26 heavy (non-hydrogen) atoms. The van der Waals surface area contributed by atoms with Gasteiger partial charge in [-0.1, -0.05) is 37.5 Å². The molecule has 1 aromatic carbocycles. The Balaban J connectivity index is 1.58. The molecule has 2 aliphatic carbocycles. The Morgan fingerprint density at radius 2 is 1.73 bits per heavy atom. The van der Waals surface area contributed by atoms with Gasteiger partial charge in [0.05, 0.1) is 5.69 Å². The minimum Gasteiger partial charge on any atom is -0.330 e. The minimum atomic E-state index is -0.567. The average Bonchev–Trinajstić information content (AvgIpc) is 3.50. The molecule has 0 bridgehead atoms. The molecule has 1 N–H and O–H groups in total. The summed E-state index contributed by atoms with van der Waals surface area (Å²) in [6.45, 7) is 1.74. The number of hydrogen-bond acceptors (Lipinski definition) is 4. The lowest BCUT2D eigenvalue weighted by molar-refractivity contribution is -0.128. The number of hydrazine groups is 1. The van der Waals surface area contributed by atoms with E-state index in [0.29, 0.717) is 17.9 Å². The van der Waals surface area contributed by atoms with Crippen molar-refractivity contribution in [1.29, 1.82) is 0 Å². The Labute approximate surface area is 154 Å². The van der Waals surface area contributed by atoms with Gasteiger partial charge < -0.3 is 4.90 Å². The highest BCUT2D eigenvalue weighted by Gasteiger charge is 2.41. The molecule has 6 nitrogen and oxygen atoms in total. The Morgan fingerprint density at radius 3 is 2.38 bits per heavy atom. The summed E-state index contributed by atoms with van der Waals surface area (Å²) in [5, 5.41) is 1.46. The average molecular weight is 354 g/mol. The summed E-state index contributed by atoms with van der Waals surface area (Å²) in [4.78, 5) is 32.3. The fraction of sp³-hybridized carbons (Fsp3) is 0.550. The first-order valence-electron chi connectivity index (χ1n) is 9.71. The quantitative estimate of drug-likeness (QED) is 0.904. The molecular weight excluding hydrogens is 328 g/mol. The fourth-order valence-corrected chi connectivity index (χ4v) is 3.96. The van der Waals surface area contributed by atoms with Crippen LogP contribution in [0.2, 0.25) is 0 Å². The summed E-state index contributed by atoms with van der Waals surface area (Å²) in [5.41, 5.74) is 3.72. The molecule has 1 atom stereocenters. The summed E-state index contributed by atoms with van der Waals surface area (Å²) in [6, 6.07) is 9.44. The smallest absolute Gasteiger partial charge is 0.291 e. The van der Waals surface area contributed by atoms with E-state index in [1.165, 1.54) is 24.3 Å². The van der Waals surface area contributed by atoms with Gasteiger partial charge in [0.2, 0.25) is 5.84 Å². The van der Waals surface area contributed by atoms with Crippen molar-refractivity contribution in [2.24, 2.45) is 4.99 Å². The molecule has 0 aromatic heterocycles. The third-order valence-corrected chi connectivity index (χ3v) is 5.48. The predicted molar refractivity (Wildman–Crippen MR) is 101 cm³/mol. The Morgan fingerprint density at radius 1 is 1.08 bits per heavy atom. The molecule has 4 rings (SSSR count). The molecule has 6 heteroatoms. The van der Waals surface area contributed by atoms with Gasteiger partial charge in [0, 0.05) is 12.1 Å². The zero-order valence-corrected chi connectivity index (χ0v) is 15.2. The summed E-state index contributed by atoms with van der Waals surface area (Å²) < 4.78 is 0. The number of hydrogen-bond donors (Lipinski definition) is 1. The van der Waals surface area contributed by atoms with E-state index in [1.54, 1.807) is 6.92 Å². The number of rotatable bonds is 4. The van der Waals surface area contributed by atoms with Crippen molar-refractivity contribution in [3.63, 3.8) is 0 Å². The molecule has 2 fully saturated rings. The van der Waals surface area contributed by atoms with Crippen LogP contribution in [0.1, 0.15) is 51.9 Å². The van der Waals surface area contributed by atoms with Gasteiger partial charge in [-0.05, 0) is 44.7 Å². The van der Waals surface area contributed by atoms with Gasteiger partial charge in [-0.3, -0.25) is 15.0 Å². The highest BCUT2D eigenvalue weighted by atomic mass is 16.2. The zero-order chi connectivity index (χ0) is 18.1. The van der Waals surface area contributed by atoms with Crippen molar-refractivity contribution in [3.8, 4) is 0 Å². The number of carbonyl (C=O) groups excluding carboxylic acids is 2. The van der Waals surface area contributed by atoms with Gasteiger partial charge in [0.15, 0.2) is 0 Å². The van der Waals surface area contributed by atoms with Crippen molar-refractivity contribution in [2.75, 3.05) is 5.01 Å². The second-order valence-corrected chi connectivity index (χ2v) is 7.51. The van der Waals surface area contributed by atoms with E-state index in [2.05, 4.69) is 15.3 Å². The van der Waals surface area contributed by atoms with Gasteiger partial charge in [0.1, 0.15) is 6.04 Å². The lowest BCUT2D eigenvalue weighted by Gasteiger charge is -2.37. The predicted octanol–water partition coefficient (Wildman–Crippen LogP) is 2.65. The first-order valence-corrected chi connectivity index (χ1v) is 9.71. The molecule has 1 aliphatic heterocycles. The highest BCUT2D eigenvalue weighted by Crippen LogP contribution is 2.34. The molecule has 2 saturated carbocycles. The van der Waals surface area contributed by atoms with Gasteiger partial charge in [-0.25, -0.2) is 10.0 Å². The van der Waals surface area contributed by atoms with Crippen LogP contribution >= 0.6 is 0 Å². The maximum Gasteiger partial charge on any atom is 0.291 e. The lowest BCUT2D eigenvalue weighted by Crippen LogP contribution is -2.60. The molecule has 0 saturated heterocycles. The molecule has 1 unspecified atom stereocenters. The monoisotopic (exact) mass is 354 g/mol. The Hall–Kier alpha value is -2.37. The van der Waals surface area contributed by atoms with E-state index in [1.807, 2.05) is 30.3 Å². The number of aliphatic imine (C=N–C) groups is 1. The van der Waals surface area contributed by atoms with E-state index in [9.17, 15) is 9.59 Å². The van der Waals surface area contributed by atoms with Crippen LogP contribution < -0.4 is 10.4 Å². The molecule has 0 radical (unpaired) electrons. The fourth-order valence-electron chi connectivity index (χ4n) is 3.96. The number of nitrogens with zero attached hydrogens (tertiary/aromatic N) is 3. The van der Waals surface area contributed by atoms with Crippen LogP contribution in [0.3, 0.4) is 0 Å². The van der Waals surface area contributed by atoms with Crippen LogP contribution in [0.15, 0.2) is 35.3 Å². The standard InChI is InChI=1S/C20H26N4O2/c1-14-19(25)24(17-10-6-3-7-11-17)22-18(21-14)20(26)23(16-12-13-16)15-8-4-2-5-9-15/h3,6-7,10-11,14-16H,2,4-5,8-9,12-13H2,1H3,(H,21,22). The summed E-state index contributed by atoms with van der Waals surface area (Å²) in [5.74, 6) is 0.0847. The number of amidine groups is 1. The normalized spacial score (nSPS) is 24.0. The molecule has 3 aliphatic rings. The number of anilines is 1. The molecule has 0 spiro atoms. The Bertz CT molecular complexity index is 708. The first-order chi connectivity index (χ1) is 12.6. The van der Waals surface area contributed by atoms with Crippen LogP contribution in [-0.2, 0) is 9.59 Å². The molecular formula is C20H26N4O2. The number of benzene rings is 1. The van der Waals surface area contributed by atoms with Gasteiger partial charge >= 0.3 is 0 Å². The lowest BCUT2D eigenvalue weighted by atomic mass is 9.94. The first kappa shape index (κ1) is 17.1. The highest BCUT2D eigenvalue weighted by molar-refractivity contribution is 6.39. The minimum absolute atomic E-state index is 0.0559. The molecule has 1 heterocycles. The second kappa shape index (κ2) is 7.09. The number of amides is 2. The van der Waals surface area contributed by atoms with Gasteiger partial charge in [-0.15, -0.1) is 0 Å². The summed E-state index contributed by atoms with van der Waals surface area (Å²) in [6.07, 6.45) is 7.94. The van der Waals surface area contributed by atoms with Gasteiger partial charge in [0.25, 0.3) is 11.8 Å². The van der Waals surface area contributed by atoms with Crippen molar-refractivity contribution in [2.45, 2.75) is 70.0 Å².